The molecule has 0 heterocycles. The van der Waals surface area contributed by atoms with E-state index in [-0.39, 0.29) is 0 Å². The summed E-state index contributed by atoms with van der Waals surface area (Å²) in [5.41, 5.74) is 1.51. The topological polar surface area (TPSA) is 44.8 Å². The van der Waals surface area contributed by atoms with Gasteiger partial charge < -0.3 is 14.2 Å². The van der Waals surface area contributed by atoms with Crippen LogP contribution in [0.1, 0.15) is 15.9 Å². The minimum atomic E-state index is 0.570. The maximum Gasteiger partial charge on any atom is 0.150 e. The van der Waals surface area contributed by atoms with Crippen LogP contribution >= 0.6 is 0 Å². The van der Waals surface area contributed by atoms with Gasteiger partial charge in [0.05, 0.1) is 14.2 Å². The molecule has 0 fully saturated rings. The Kier molecular flexibility index (Phi) is 4.25. The van der Waals surface area contributed by atoms with Gasteiger partial charge in [0.15, 0.2) is 0 Å². The number of hydrogen-bond acceptors (Lipinski definition) is 4. The summed E-state index contributed by atoms with van der Waals surface area (Å²) in [6.45, 7) is 1.92. The Morgan fingerprint density at radius 3 is 2.05 bits per heavy atom. The summed E-state index contributed by atoms with van der Waals surface area (Å²) in [6, 6.07) is 10.6. The van der Waals surface area contributed by atoms with Crippen LogP contribution in [0.5, 0.6) is 23.0 Å². The molecule has 2 aromatic rings. The summed E-state index contributed by atoms with van der Waals surface area (Å²) in [5.74, 6) is 2.50. The number of methoxy groups -OCH3 is 2. The van der Waals surface area contributed by atoms with Crippen LogP contribution < -0.4 is 14.2 Å². The van der Waals surface area contributed by atoms with Crippen molar-refractivity contribution < 1.29 is 19.0 Å². The van der Waals surface area contributed by atoms with Crippen LogP contribution in [-0.4, -0.2) is 20.5 Å². The highest BCUT2D eigenvalue weighted by molar-refractivity contribution is 5.76. The molecule has 0 amide bonds. The molecule has 2 aromatic carbocycles. The molecular weight excluding hydrogens is 256 g/mol. The number of carbonyl (C=O) groups excluding carboxylic acids is 1. The van der Waals surface area contributed by atoms with Gasteiger partial charge in [0, 0.05) is 23.8 Å². The summed E-state index contributed by atoms with van der Waals surface area (Å²) >= 11 is 0. The fourth-order valence-electron chi connectivity index (χ4n) is 1.77. The molecule has 0 aliphatic heterocycles. The number of benzene rings is 2. The first-order valence-corrected chi connectivity index (χ1v) is 6.13. The Balaban J connectivity index is 2.36. The van der Waals surface area contributed by atoms with E-state index in [1.807, 2.05) is 13.0 Å². The average molecular weight is 272 g/mol. The number of aldehydes is 1. The molecule has 0 bridgehead atoms. The minimum absolute atomic E-state index is 0.570. The molecule has 0 aliphatic carbocycles. The fourth-order valence-corrected chi connectivity index (χ4v) is 1.77. The molecule has 0 radical (unpaired) electrons. The molecule has 4 nitrogen and oxygen atoms in total. The van der Waals surface area contributed by atoms with Gasteiger partial charge in [-0.1, -0.05) is 12.1 Å². The molecule has 20 heavy (non-hydrogen) atoms. The number of aryl methyl sites for hydroxylation is 1. The largest absolute Gasteiger partial charge is 0.496 e. The van der Waals surface area contributed by atoms with Crippen molar-refractivity contribution in [2.45, 2.75) is 6.92 Å². The molecule has 0 spiro atoms. The van der Waals surface area contributed by atoms with E-state index < -0.39 is 0 Å². The quantitative estimate of drug-likeness (QED) is 0.780. The second-order valence-electron chi connectivity index (χ2n) is 4.29. The van der Waals surface area contributed by atoms with E-state index in [1.54, 1.807) is 44.6 Å². The molecule has 4 heteroatoms. The number of rotatable bonds is 5. The first-order valence-electron chi connectivity index (χ1n) is 6.13. The fraction of sp³-hybridized carbons (Fsp3) is 0.188. The Morgan fingerprint density at radius 1 is 0.900 bits per heavy atom. The lowest BCUT2D eigenvalue weighted by molar-refractivity contribution is 0.112. The highest BCUT2D eigenvalue weighted by Crippen LogP contribution is 2.32. The molecule has 0 aromatic heterocycles. The van der Waals surface area contributed by atoms with Gasteiger partial charge in [0.25, 0.3) is 0 Å². The highest BCUT2D eigenvalue weighted by atomic mass is 16.5. The van der Waals surface area contributed by atoms with E-state index in [4.69, 9.17) is 14.2 Å². The van der Waals surface area contributed by atoms with Crippen LogP contribution in [0.4, 0.5) is 0 Å². The molecule has 0 saturated heterocycles. The number of ether oxygens (including phenoxy) is 3. The zero-order valence-corrected chi connectivity index (χ0v) is 11.7. The van der Waals surface area contributed by atoms with Crippen molar-refractivity contribution in [3.8, 4) is 23.0 Å². The van der Waals surface area contributed by atoms with E-state index in [0.29, 0.717) is 28.6 Å². The summed E-state index contributed by atoms with van der Waals surface area (Å²) in [6.07, 6.45) is 0.790. The minimum Gasteiger partial charge on any atom is -0.496 e. The first kappa shape index (κ1) is 13.9. The maximum atomic E-state index is 10.8. The smallest absolute Gasteiger partial charge is 0.150 e. The highest BCUT2D eigenvalue weighted by Gasteiger charge is 2.07. The standard InChI is InChI=1S/C16H16O4/c1-11-4-5-12(10-17)6-16(11)20-15-8-13(18-2)7-14(9-15)19-3/h4-10H,1-3H3. The van der Waals surface area contributed by atoms with Crippen molar-refractivity contribution >= 4 is 6.29 Å². The average Bonchev–Trinajstić information content (AvgIpc) is 2.49. The Bertz CT molecular complexity index is 598. The second kappa shape index (κ2) is 6.10. The zero-order chi connectivity index (χ0) is 14.5. The van der Waals surface area contributed by atoms with Crippen molar-refractivity contribution in [1.82, 2.24) is 0 Å². The van der Waals surface area contributed by atoms with Crippen LogP contribution in [0, 0.1) is 6.92 Å². The Hall–Kier alpha value is -2.49. The monoisotopic (exact) mass is 272 g/mol. The van der Waals surface area contributed by atoms with Gasteiger partial charge in [-0.15, -0.1) is 0 Å². The molecule has 0 N–H and O–H groups in total. The summed E-state index contributed by atoms with van der Waals surface area (Å²) < 4.78 is 16.2. The van der Waals surface area contributed by atoms with Crippen LogP contribution in [0.2, 0.25) is 0 Å². The van der Waals surface area contributed by atoms with Gasteiger partial charge in [-0.3, -0.25) is 4.79 Å². The van der Waals surface area contributed by atoms with Gasteiger partial charge in [-0.05, 0) is 18.6 Å². The molecule has 2 rings (SSSR count). The van der Waals surface area contributed by atoms with E-state index >= 15 is 0 Å². The predicted octanol–water partition coefficient (Wildman–Crippen LogP) is 3.62. The third kappa shape index (κ3) is 3.09. The van der Waals surface area contributed by atoms with E-state index in [0.717, 1.165) is 11.8 Å². The van der Waals surface area contributed by atoms with Crippen LogP contribution in [-0.2, 0) is 0 Å². The molecule has 0 saturated carbocycles. The molecule has 0 aliphatic rings. The lowest BCUT2D eigenvalue weighted by Gasteiger charge is -2.12. The predicted molar refractivity (Wildman–Crippen MR) is 76.2 cm³/mol. The number of hydrogen-bond donors (Lipinski definition) is 0. The first-order chi connectivity index (χ1) is 9.66. The van der Waals surface area contributed by atoms with Crippen molar-refractivity contribution in [3.05, 3.63) is 47.5 Å². The summed E-state index contributed by atoms with van der Waals surface area (Å²) in [7, 11) is 3.16. The molecular formula is C16H16O4. The van der Waals surface area contributed by atoms with Crippen LogP contribution in [0.15, 0.2) is 36.4 Å². The van der Waals surface area contributed by atoms with Gasteiger partial charge in [-0.2, -0.15) is 0 Å². The van der Waals surface area contributed by atoms with Crippen LogP contribution in [0.3, 0.4) is 0 Å². The second-order valence-corrected chi connectivity index (χ2v) is 4.29. The van der Waals surface area contributed by atoms with E-state index in [9.17, 15) is 4.79 Å². The van der Waals surface area contributed by atoms with Gasteiger partial charge in [0.1, 0.15) is 29.3 Å². The van der Waals surface area contributed by atoms with Crippen molar-refractivity contribution in [2.75, 3.05) is 14.2 Å². The third-order valence-corrected chi connectivity index (χ3v) is 2.90. The van der Waals surface area contributed by atoms with E-state index in [2.05, 4.69) is 0 Å². The van der Waals surface area contributed by atoms with Crippen molar-refractivity contribution in [2.24, 2.45) is 0 Å². The Morgan fingerprint density at radius 2 is 1.50 bits per heavy atom. The Labute approximate surface area is 117 Å². The van der Waals surface area contributed by atoms with Gasteiger partial charge in [0.2, 0.25) is 0 Å². The normalized spacial score (nSPS) is 9.95. The lowest BCUT2D eigenvalue weighted by Crippen LogP contribution is -1.92. The van der Waals surface area contributed by atoms with Gasteiger partial charge in [-0.25, -0.2) is 0 Å². The van der Waals surface area contributed by atoms with E-state index in [1.165, 1.54) is 0 Å². The van der Waals surface area contributed by atoms with Gasteiger partial charge >= 0.3 is 0 Å². The number of carbonyl (C=O) groups is 1. The summed E-state index contributed by atoms with van der Waals surface area (Å²) in [5, 5.41) is 0. The molecule has 0 atom stereocenters. The molecule has 0 unspecified atom stereocenters. The third-order valence-electron chi connectivity index (χ3n) is 2.90. The molecule has 104 valence electrons. The maximum absolute atomic E-state index is 10.8. The van der Waals surface area contributed by atoms with Crippen molar-refractivity contribution in [3.63, 3.8) is 0 Å². The van der Waals surface area contributed by atoms with Crippen LogP contribution in [0.25, 0.3) is 0 Å². The lowest BCUT2D eigenvalue weighted by atomic mass is 10.1. The SMILES string of the molecule is COc1cc(OC)cc(Oc2cc(C=O)ccc2C)c1. The zero-order valence-electron chi connectivity index (χ0n) is 11.7. The summed E-state index contributed by atoms with van der Waals surface area (Å²) in [4.78, 5) is 10.8. The van der Waals surface area contributed by atoms with Crippen molar-refractivity contribution in [1.29, 1.82) is 0 Å².